The van der Waals surface area contributed by atoms with E-state index in [4.69, 9.17) is 23.2 Å². The molecule has 10 nitrogen and oxygen atoms in total. The Labute approximate surface area is 241 Å². The summed E-state index contributed by atoms with van der Waals surface area (Å²) in [6, 6.07) is 8.39. The Morgan fingerprint density at radius 3 is 2.38 bits per heavy atom. The van der Waals surface area contributed by atoms with Gasteiger partial charge in [0.2, 0.25) is 10.0 Å². The predicted molar refractivity (Wildman–Crippen MR) is 156 cm³/mol. The van der Waals surface area contributed by atoms with Crippen molar-refractivity contribution < 1.29 is 18.0 Å². The number of hydrogen-bond acceptors (Lipinski definition) is 5. The van der Waals surface area contributed by atoms with E-state index in [0.29, 0.717) is 43.2 Å². The van der Waals surface area contributed by atoms with Gasteiger partial charge in [0.1, 0.15) is 10.7 Å². The molecular weight excluding hydrogens is 563 g/mol. The number of hydrogen-bond donors (Lipinski definition) is 4. The van der Waals surface area contributed by atoms with Gasteiger partial charge < -0.3 is 15.5 Å². The molecule has 4 amide bonds. The second-order valence-electron chi connectivity index (χ2n) is 9.87. The third-order valence-corrected chi connectivity index (χ3v) is 7.65. The number of benzene rings is 1. The zero-order chi connectivity index (χ0) is 29.0. The first kappa shape index (κ1) is 32.6. The molecule has 0 fully saturated rings. The molecule has 1 aromatic carbocycles. The maximum Gasteiger partial charge on any atom is 0.320 e. The van der Waals surface area contributed by atoms with Crippen LogP contribution in [0.15, 0.2) is 47.5 Å². The van der Waals surface area contributed by atoms with Crippen LogP contribution in [-0.4, -0.2) is 62.1 Å². The summed E-state index contributed by atoms with van der Waals surface area (Å²) in [6.07, 6.45) is 3.27. The zero-order valence-corrected chi connectivity index (χ0v) is 25.0. The number of nitrogens with one attached hydrogen (secondary N) is 4. The van der Waals surface area contributed by atoms with Crippen LogP contribution in [0.5, 0.6) is 0 Å². The van der Waals surface area contributed by atoms with Crippen LogP contribution >= 0.6 is 23.2 Å². The van der Waals surface area contributed by atoms with Crippen LogP contribution in [0.1, 0.15) is 47.0 Å². The van der Waals surface area contributed by atoms with Gasteiger partial charge in [0.15, 0.2) is 0 Å². The van der Waals surface area contributed by atoms with Gasteiger partial charge in [-0.1, -0.05) is 43.1 Å². The predicted octanol–water partition coefficient (Wildman–Crippen LogP) is 5.10. The van der Waals surface area contributed by atoms with E-state index in [0.717, 1.165) is 0 Å². The number of carbonyl (C=O) groups excluding carboxylic acids is 2. The molecule has 0 radical (unpaired) electrons. The Morgan fingerprint density at radius 2 is 1.77 bits per heavy atom. The molecule has 0 aliphatic rings. The van der Waals surface area contributed by atoms with Crippen molar-refractivity contribution in [1.82, 2.24) is 25.2 Å². The number of pyridine rings is 1. The van der Waals surface area contributed by atoms with Crippen LogP contribution < -0.4 is 20.7 Å². The Kier molecular flexibility index (Phi) is 13.3. The van der Waals surface area contributed by atoms with Crippen molar-refractivity contribution in [3.8, 4) is 0 Å². The summed E-state index contributed by atoms with van der Waals surface area (Å²) in [6.45, 7) is 8.67. The van der Waals surface area contributed by atoms with Crippen LogP contribution in [-0.2, 0) is 10.0 Å². The fourth-order valence-corrected chi connectivity index (χ4v) is 5.65. The average Bonchev–Trinajstić information content (AvgIpc) is 2.82. The molecule has 39 heavy (non-hydrogen) atoms. The summed E-state index contributed by atoms with van der Waals surface area (Å²) in [5, 5.41) is 8.96. The molecule has 0 saturated carbocycles. The van der Waals surface area contributed by atoms with Crippen molar-refractivity contribution in [2.24, 2.45) is 5.92 Å². The van der Waals surface area contributed by atoms with Crippen LogP contribution in [0.4, 0.5) is 15.4 Å². The van der Waals surface area contributed by atoms with Gasteiger partial charge >= 0.3 is 12.1 Å². The summed E-state index contributed by atoms with van der Waals surface area (Å²) in [5.74, 6) is 0.698. The lowest BCUT2D eigenvalue weighted by Crippen LogP contribution is -2.51. The minimum atomic E-state index is -3.81. The minimum Gasteiger partial charge on any atom is -0.336 e. The summed E-state index contributed by atoms with van der Waals surface area (Å²) in [7, 11) is -3.81. The topological polar surface area (TPSA) is 133 Å². The van der Waals surface area contributed by atoms with Gasteiger partial charge in [-0.2, -0.15) is 0 Å². The molecule has 216 valence electrons. The number of anilines is 1. The average molecular weight is 602 g/mol. The molecule has 0 aliphatic carbocycles. The maximum absolute atomic E-state index is 13.0. The quantitative estimate of drug-likeness (QED) is 0.224. The molecule has 2 rings (SSSR count). The van der Waals surface area contributed by atoms with Crippen LogP contribution in [0.25, 0.3) is 0 Å². The van der Waals surface area contributed by atoms with Crippen molar-refractivity contribution in [2.75, 3.05) is 25.0 Å². The summed E-state index contributed by atoms with van der Waals surface area (Å²) < 4.78 is 27.8. The summed E-state index contributed by atoms with van der Waals surface area (Å²) >= 11 is 11.9. The largest absolute Gasteiger partial charge is 0.336 e. The molecule has 1 aromatic heterocycles. The van der Waals surface area contributed by atoms with Crippen LogP contribution in [0, 0.1) is 5.92 Å². The number of halogens is 2. The molecule has 0 saturated heterocycles. The Bertz CT molecular complexity index is 1180. The highest BCUT2D eigenvalue weighted by Crippen LogP contribution is 2.24. The Balaban J connectivity index is 1.98. The fraction of sp³-hybridized carbons (Fsp3) is 0.500. The van der Waals surface area contributed by atoms with Crippen molar-refractivity contribution in [2.45, 2.75) is 63.9 Å². The number of urea groups is 2. The van der Waals surface area contributed by atoms with E-state index in [1.165, 1.54) is 18.2 Å². The zero-order valence-electron chi connectivity index (χ0n) is 22.7. The lowest BCUT2D eigenvalue weighted by atomic mass is 10.0. The van der Waals surface area contributed by atoms with E-state index < -0.39 is 16.1 Å². The van der Waals surface area contributed by atoms with Gasteiger partial charge in [-0.05, 0) is 69.4 Å². The van der Waals surface area contributed by atoms with Gasteiger partial charge in [0.05, 0.1) is 5.02 Å². The molecule has 0 unspecified atom stereocenters. The second-order valence-corrected chi connectivity index (χ2v) is 12.4. The van der Waals surface area contributed by atoms with E-state index in [-0.39, 0.29) is 40.5 Å². The van der Waals surface area contributed by atoms with Gasteiger partial charge in [-0.25, -0.2) is 27.7 Å². The van der Waals surface area contributed by atoms with Crippen LogP contribution in [0.3, 0.4) is 0 Å². The van der Waals surface area contributed by atoms with Gasteiger partial charge in [0, 0.05) is 42.9 Å². The lowest BCUT2D eigenvalue weighted by Gasteiger charge is -2.30. The number of aromatic nitrogens is 1. The van der Waals surface area contributed by atoms with Crippen molar-refractivity contribution in [1.29, 1.82) is 0 Å². The molecular formula is C26H38Cl2N6O4S. The molecule has 2 aromatic rings. The standard InChI is InChI=1S/C26H38Cl2N6O4S/c1-18(2)15-21(32-25(35)33-24-9-5-6-12-29-24)17-34(26(36)31-19(3)4)14-8-7-13-30-39(37,38)23-11-10-20(27)16-22(23)28/h5-6,9-12,16,18-19,21,30H,7-8,13-15,17H2,1-4H3,(H,31,36)(H2,29,32,33,35)/t21-/m0/s1. The van der Waals surface area contributed by atoms with Crippen molar-refractivity contribution in [3.63, 3.8) is 0 Å². The van der Waals surface area contributed by atoms with E-state index >= 15 is 0 Å². The third-order valence-electron chi connectivity index (χ3n) is 5.47. The van der Waals surface area contributed by atoms with Crippen molar-refractivity contribution in [3.05, 3.63) is 52.6 Å². The number of unbranched alkanes of at least 4 members (excludes halogenated alkanes) is 1. The number of nitrogens with zero attached hydrogens (tertiary/aromatic N) is 2. The molecule has 1 heterocycles. The molecule has 0 spiro atoms. The van der Waals surface area contributed by atoms with Crippen LogP contribution in [0.2, 0.25) is 10.0 Å². The number of sulfonamides is 1. The highest BCUT2D eigenvalue weighted by Gasteiger charge is 2.22. The Morgan fingerprint density at radius 1 is 1.03 bits per heavy atom. The van der Waals surface area contributed by atoms with Gasteiger partial charge in [-0.15, -0.1) is 0 Å². The number of rotatable bonds is 14. The smallest absolute Gasteiger partial charge is 0.320 e. The molecule has 4 N–H and O–H groups in total. The summed E-state index contributed by atoms with van der Waals surface area (Å²) in [5.41, 5.74) is 0. The lowest BCUT2D eigenvalue weighted by molar-refractivity contribution is 0.183. The number of carbonyl (C=O) groups is 2. The highest BCUT2D eigenvalue weighted by molar-refractivity contribution is 7.89. The first-order valence-electron chi connectivity index (χ1n) is 12.9. The second kappa shape index (κ2) is 15.9. The SMILES string of the molecule is CC(C)C[C@@H](CN(CCCCNS(=O)(=O)c1ccc(Cl)cc1Cl)C(=O)NC(C)C)NC(=O)Nc1ccccn1. The molecule has 1 atom stereocenters. The fourth-order valence-electron chi connectivity index (χ4n) is 3.81. The van der Waals surface area contributed by atoms with E-state index in [1.807, 2.05) is 27.7 Å². The first-order chi connectivity index (χ1) is 18.4. The number of amides is 4. The van der Waals surface area contributed by atoms with Gasteiger partial charge in [0.25, 0.3) is 0 Å². The van der Waals surface area contributed by atoms with E-state index in [1.54, 1.807) is 29.3 Å². The third kappa shape index (κ3) is 12.0. The van der Waals surface area contributed by atoms with Crippen molar-refractivity contribution >= 4 is 51.1 Å². The monoisotopic (exact) mass is 600 g/mol. The maximum atomic E-state index is 13.0. The molecule has 13 heteroatoms. The van der Waals surface area contributed by atoms with Gasteiger partial charge in [-0.3, -0.25) is 5.32 Å². The van der Waals surface area contributed by atoms with E-state index in [2.05, 4.69) is 25.7 Å². The Hall–Kier alpha value is -2.60. The normalized spacial score (nSPS) is 12.3. The first-order valence-corrected chi connectivity index (χ1v) is 15.1. The summed E-state index contributed by atoms with van der Waals surface area (Å²) in [4.78, 5) is 31.3. The molecule has 0 bridgehead atoms. The minimum absolute atomic E-state index is 0.0434. The highest BCUT2D eigenvalue weighted by atomic mass is 35.5. The van der Waals surface area contributed by atoms with E-state index in [9.17, 15) is 18.0 Å². The molecule has 0 aliphatic heterocycles.